The van der Waals surface area contributed by atoms with Crippen LogP contribution in [0.15, 0.2) is 23.3 Å². The van der Waals surface area contributed by atoms with E-state index in [0.717, 1.165) is 36.8 Å². The van der Waals surface area contributed by atoms with Gasteiger partial charge in [0, 0.05) is 0 Å². The molecule has 0 N–H and O–H groups in total. The number of ether oxygens (including phenoxy) is 2. The van der Waals surface area contributed by atoms with Gasteiger partial charge < -0.3 is 9.47 Å². The Morgan fingerprint density at radius 3 is 1.68 bits per heavy atom. The maximum Gasteiger partial charge on any atom is 0.184 e. The molecule has 6 unspecified atom stereocenters. The second kappa shape index (κ2) is 5.04. The highest BCUT2D eigenvalue weighted by Gasteiger charge is 2.44. The van der Waals surface area contributed by atoms with E-state index in [1.165, 1.54) is 25.7 Å². The number of fused-ring (bicyclic) bond motifs is 2. The van der Waals surface area contributed by atoms with Crippen LogP contribution in [0, 0.1) is 11.8 Å². The first-order chi connectivity index (χ1) is 10.8. The summed E-state index contributed by atoms with van der Waals surface area (Å²) in [5.74, 6) is 1.47. The SMILES string of the molecule is O=C1C(=CC2CCC3OC3C2)CCC1=CC1CCC2OC2C1. The molecule has 0 spiro atoms. The fraction of sp³-hybridized carbons (Fsp3) is 0.737. The molecule has 2 aliphatic heterocycles. The molecule has 5 fully saturated rings. The normalized spacial score (nSPS) is 50.1. The van der Waals surface area contributed by atoms with E-state index in [0.29, 0.717) is 42.0 Å². The Bertz CT molecular complexity index is 513. The Labute approximate surface area is 131 Å². The minimum atomic E-state index is 0.331. The lowest BCUT2D eigenvalue weighted by Crippen LogP contribution is -2.13. The van der Waals surface area contributed by atoms with Crippen molar-refractivity contribution in [3.05, 3.63) is 23.3 Å². The van der Waals surface area contributed by atoms with E-state index in [1.54, 1.807) is 0 Å². The van der Waals surface area contributed by atoms with Crippen LogP contribution in [-0.2, 0) is 14.3 Å². The molecule has 0 radical (unpaired) electrons. The van der Waals surface area contributed by atoms with Crippen molar-refractivity contribution in [2.24, 2.45) is 11.8 Å². The van der Waals surface area contributed by atoms with Crippen molar-refractivity contribution < 1.29 is 14.3 Å². The average molecular weight is 300 g/mol. The van der Waals surface area contributed by atoms with Crippen molar-refractivity contribution in [3.8, 4) is 0 Å². The Hall–Kier alpha value is -0.930. The molecule has 22 heavy (non-hydrogen) atoms. The standard InChI is InChI=1S/C19H24O3/c20-19-13(7-11-1-5-15-17(9-11)21-15)3-4-14(19)8-12-2-6-16-18(10-12)22-16/h7-8,11-12,15-18H,1-6,9-10H2. The van der Waals surface area contributed by atoms with E-state index >= 15 is 0 Å². The van der Waals surface area contributed by atoms with E-state index in [2.05, 4.69) is 12.2 Å². The lowest BCUT2D eigenvalue weighted by molar-refractivity contribution is -0.111. The topological polar surface area (TPSA) is 42.1 Å². The van der Waals surface area contributed by atoms with Gasteiger partial charge in [-0.3, -0.25) is 4.79 Å². The van der Waals surface area contributed by atoms with Gasteiger partial charge in [0.15, 0.2) is 5.78 Å². The molecule has 6 atom stereocenters. The van der Waals surface area contributed by atoms with Crippen molar-refractivity contribution in [2.45, 2.75) is 75.8 Å². The molecule has 0 amide bonds. The quantitative estimate of drug-likeness (QED) is 0.580. The molecule has 3 aliphatic carbocycles. The monoisotopic (exact) mass is 300 g/mol. The third-order valence-electron chi connectivity index (χ3n) is 6.21. The van der Waals surface area contributed by atoms with E-state index in [-0.39, 0.29) is 0 Å². The second-order valence-corrected chi connectivity index (χ2v) is 7.79. The number of rotatable bonds is 2. The molecule has 118 valence electrons. The van der Waals surface area contributed by atoms with Crippen LogP contribution in [0.4, 0.5) is 0 Å². The fourth-order valence-corrected chi connectivity index (χ4v) is 4.76. The summed E-state index contributed by atoms with van der Waals surface area (Å²) < 4.78 is 11.2. The summed E-state index contributed by atoms with van der Waals surface area (Å²) in [5.41, 5.74) is 2.15. The highest BCUT2D eigenvalue weighted by atomic mass is 16.6. The molecule has 0 aromatic rings. The molecule has 5 aliphatic rings. The van der Waals surface area contributed by atoms with Crippen LogP contribution in [0.3, 0.4) is 0 Å². The van der Waals surface area contributed by atoms with Gasteiger partial charge in [-0.25, -0.2) is 0 Å². The summed E-state index contributed by atoms with van der Waals surface area (Å²) in [5, 5.41) is 0. The molecule has 3 saturated carbocycles. The minimum absolute atomic E-state index is 0.331. The highest BCUT2D eigenvalue weighted by Crippen LogP contribution is 2.43. The summed E-state index contributed by atoms with van der Waals surface area (Å²) in [7, 11) is 0. The summed E-state index contributed by atoms with van der Waals surface area (Å²) in [6.07, 6.45) is 15.6. The fourth-order valence-electron chi connectivity index (χ4n) is 4.76. The van der Waals surface area contributed by atoms with Crippen LogP contribution in [0.25, 0.3) is 0 Å². The molecule has 5 rings (SSSR count). The number of hydrogen-bond donors (Lipinski definition) is 0. The maximum absolute atomic E-state index is 12.6. The number of allylic oxidation sites excluding steroid dienone is 4. The summed E-state index contributed by atoms with van der Waals surface area (Å²) in [4.78, 5) is 12.6. The van der Waals surface area contributed by atoms with Gasteiger partial charge in [0.1, 0.15) is 0 Å². The number of carbonyl (C=O) groups is 1. The summed E-state index contributed by atoms with van der Waals surface area (Å²) in [6.45, 7) is 0. The number of carbonyl (C=O) groups excluding carboxylic acids is 1. The van der Waals surface area contributed by atoms with Crippen molar-refractivity contribution in [3.63, 3.8) is 0 Å². The van der Waals surface area contributed by atoms with E-state index < -0.39 is 0 Å². The smallest absolute Gasteiger partial charge is 0.184 e. The van der Waals surface area contributed by atoms with Crippen LogP contribution < -0.4 is 0 Å². The van der Waals surface area contributed by atoms with Crippen LogP contribution >= 0.6 is 0 Å². The zero-order valence-corrected chi connectivity index (χ0v) is 13.0. The van der Waals surface area contributed by atoms with Gasteiger partial charge in [-0.05, 0) is 74.3 Å². The first-order valence-electron chi connectivity index (χ1n) is 9.03. The molecular formula is C19H24O3. The predicted octanol–water partition coefficient (Wildman–Crippen LogP) is 3.34. The third-order valence-corrected chi connectivity index (χ3v) is 6.21. The van der Waals surface area contributed by atoms with Gasteiger partial charge in [0.25, 0.3) is 0 Å². The molecule has 3 nitrogen and oxygen atoms in total. The van der Waals surface area contributed by atoms with Gasteiger partial charge in [0.05, 0.1) is 24.4 Å². The van der Waals surface area contributed by atoms with Crippen LogP contribution in [0.1, 0.15) is 51.4 Å². The number of Topliss-reactive ketones (excluding diaryl/α,β-unsaturated/α-hetero) is 1. The van der Waals surface area contributed by atoms with Gasteiger partial charge in [-0.15, -0.1) is 0 Å². The van der Waals surface area contributed by atoms with Crippen LogP contribution in [0.2, 0.25) is 0 Å². The van der Waals surface area contributed by atoms with Gasteiger partial charge >= 0.3 is 0 Å². The predicted molar refractivity (Wildman–Crippen MR) is 82.4 cm³/mol. The van der Waals surface area contributed by atoms with Crippen molar-refractivity contribution >= 4 is 5.78 Å². The van der Waals surface area contributed by atoms with Crippen molar-refractivity contribution in [1.82, 2.24) is 0 Å². The van der Waals surface area contributed by atoms with Crippen LogP contribution in [-0.4, -0.2) is 30.2 Å². The van der Waals surface area contributed by atoms with Gasteiger partial charge in [0.2, 0.25) is 0 Å². The first kappa shape index (κ1) is 13.5. The number of ketones is 1. The molecule has 0 bridgehead atoms. The summed E-state index contributed by atoms with van der Waals surface area (Å²) >= 11 is 0. The number of hydrogen-bond acceptors (Lipinski definition) is 3. The largest absolute Gasteiger partial charge is 0.370 e. The van der Waals surface area contributed by atoms with Crippen molar-refractivity contribution in [1.29, 1.82) is 0 Å². The van der Waals surface area contributed by atoms with Crippen molar-refractivity contribution in [2.75, 3.05) is 0 Å². The lowest BCUT2D eigenvalue weighted by atomic mass is 9.86. The average Bonchev–Trinajstić information content (AvgIpc) is 3.41. The molecule has 0 aromatic carbocycles. The zero-order valence-electron chi connectivity index (χ0n) is 13.0. The number of epoxide rings is 2. The first-order valence-corrected chi connectivity index (χ1v) is 9.03. The molecule has 2 heterocycles. The Balaban J connectivity index is 1.25. The minimum Gasteiger partial charge on any atom is -0.370 e. The van der Waals surface area contributed by atoms with Gasteiger partial charge in [-0.1, -0.05) is 12.2 Å². The molecule has 3 heteroatoms. The van der Waals surface area contributed by atoms with E-state index in [1.807, 2.05) is 0 Å². The van der Waals surface area contributed by atoms with Crippen LogP contribution in [0.5, 0.6) is 0 Å². The molecular weight excluding hydrogens is 276 g/mol. The highest BCUT2D eigenvalue weighted by molar-refractivity contribution is 6.10. The van der Waals surface area contributed by atoms with Gasteiger partial charge in [-0.2, -0.15) is 0 Å². The Morgan fingerprint density at radius 1 is 0.727 bits per heavy atom. The van der Waals surface area contributed by atoms with E-state index in [4.69, 9.17) is 9.47 Å². The zero-order chi connectivity index (χ0) is 14.7. The molecule has 2 saturated heterocycles. The molecule has 0 aromatic heterocycles. The maximum atomic E-state index is 12.6. The lowest BCUT2D eigenvalue weighted by Gasteiger charge is -2.16. The second-order valence-electron chi connectivity index (χ2n) is 7.79. The Kier molecular flexibility index (Phi) is 3.09. The third kappa shape index (κ3) is 2.48. The summed E-state index contributed by atoms with van der Waals surface area (Å²) in [6, 6.07) is 0. The van der Waals surface area contributed by atoms with E-state index in [9.17, 15) is 4.79 Å². The Morgan fingerprint density at radius 2 is 1.23 bits per heavy atom.